The van der Waals surface area contributed by atoms with E-state index < -0.39 is 4.81 Å². The van der Waals surface area contributed by atoms with Crippen molar-refractivity contribution >= 4 is 23.5 Å². The largest absolute Gasteiger partial charge is 0.462 e. The van der Waals surface area contributed by atoms with E-state index in [0.717, 1.165) is 28.0 Å². The van der Waals surface area contributed by atoms with Crippen LogP contribution in [0.4, 0.5) is 5.69 Å². The third kappa shape index (κ3) is 10.5. The van der Waals surface area contributed by atoms with Gasteiger partial charge in [0.25, 0.3) is 0 Å². The van der Waals surface area contributed by atoms with Crippen molar-refractivity contribution in [2.75, 3.05) is 33.5 Å². The van der Waals surface area contributed by atoms with Crippen LogP contribution in [0.5, 0.6) is 0 Å². The normalized spacial score (nSPS) is 10.5. The summed E-state index contributed by atoms with van der Waals surface area (Å²) in [6, 6.07) is 11.4. The number of aromatic amines is 1. The first kappa shape index (κ1) is 34.6. The first-order valence-corrected chi connectivity index (χ1v) is 12.9. The Hall–Kier alpha value is -3.37. The van der Waals surface area contributed by atoms with E-state index in [9.17, 15) is 10.4 Å². The fourth-order valence-electron chi connectivity index (χ4n) is 3.15. The SMILES string of the molecule is C#CO.CC.CN.CN/C(C)=C\c1cccc(-c2cc(-c3nc(SCCO)n[nH]3)cc([N+](C)(O)O)c2)c1C. The summed E-state index contributed by atoms with van der Waals surface area (Å²) < 4.78 is 0. The van der Waals surface area contributed by atoms with Gasteiger partial charge in [-0.05, 0) is 60.1 Å². The van der Waals surface area contributed by atoms with E-state index in [1.165, 1.54) is 32.0 Å². The number of aliphatic hydroxyl groups excluding tert-OH is 2. The van der Waals surface area contributed by atoms with Crippen LogP contribution in [0.1, 0.15) is 31.9 Å². The number of nitrogens with one attached hydrogen (secondary N) is 2. The van der Waals surface area contributed by atoms with E-state index in [0.29, 0.717) is 28.0 Å². The second-order valence-corrected chi connectivity index (χ2v) is 8.51. The lowest BCUT2D eigenvalue weighted by atomic mass is 9.94. The minimum absolute atomic E-state index is 0.0378. The summed E-state index contributed by atoms with van der Waals surface area (Å²) in [5, 5.41) is 47.3. The van der Waals surface area contributed by atoms with Gasteiger partial charge in [-0.15, -0.1) is 5.10 Å². The number of thioether (sulfide) groups is 1. The quantitative estimate of drug-likeness (QED) is 0.0943. The molecule has 2 aromatic carbocycles. The van der Waals surface area contributed by atoms with Crippen LogP contribution in [0.3, 0.4) is 0 Å². The number of benzene rings is 2. The number of nitrogens with two attached hydrogens (primary N) is 1. The van der Waals surface area contributed by atoms with Gasteiger partial charge in [0.2, 0.25) is 5.16 Å². The molecule has 1 aromatic heterocycles. The van der Waals surface area contributed by atoms with Crippen LogP contribution >= 0.6 is 11.8 Å². The maximum Gasteiger partial charge on any atom is 0.208 e. The first-order chi connectivity index (χ1) is 18.1. The molecule has 0 aliphatic rings. The zero-order valence-corrected chi connectivity index (χ0v) is 24.0. The molecular weight excluding hydrogens is 504 g/mol. The van der Waals surface area contributed by atoms with Gasteiger partial charge in [-0.2, -0.15) is 10.4 Å². The van der Waals surface area contributed by atoms with Gasteiger partial charge < -0.3 is 21.3 Å². The predicted octanol–water partition coefficient (Wildman–Crippen LogP) is 4.38. The molecule has 0 radical (unpaired) electrons. The molecule has 11 heteroatoms. The summed E-state index contributed by atoms with van der Waals surface area (Å²) in [5.41, 5.74) is 10.5. The van der Waals surface area contributed by atoms with Gasteiger partial charge in [-0.25, -0.2) is 4.98 Å². The van der Waals surface area contributed by atoms with Gasteiger partial charge in [0.1, 0.15) is 13.2 Å². The second kappa shape index (κ2) is 18.0. The predicted molar refractivity (Wildman–Crippen MR) is 156 cm³/mol. The van der Waals surface area contributed by atoms with Gasteiger partial charge in [0.15, 0.2) is 11.5 Å². The number of allylic oxidation sites excluding steroid dienone is 1. The average molecular weight is 546 g/mol. The number of rotatable bonds is 8. The molecule has 208 valence electrons. The van der Waals surface area contributed by atoms with Crippen molar-refractivity contribution in [1.29, 1.82) is 0 Å². The summed E-state index contributed by atoms with van der Waals surface area (Å²) in [6.07, 6.45) is 7.48. The fraction of sp³-hybridized carbons (Fsp3) is 0.333. The van der Waals surface area contributed by atoms with Crippen LogP contribution in [-0.4, -0.2) is 69.3 Å². The Bertz CT molecular complexity index is 1180. The molecule has 0 unspecified atom stereocenters. The third-order valence-electron chi connectivity index (χ3n) is 4.92. The Kier molecular flexibility index (Phi) is 16.4. The molecule has 10 nitrogen and oxygen atoms in total. The molecule has 0 amide bonds. The summed E-state index contributed by atoms with van der Waals surface area (Å²) >= 11 is 1.34. The highest BCUT2D eigenvalue weighted by Gasteiger charge is 2.23. The van der Waals surface area contributed by atoms with E-state index in [2.05, 4.69) is 38.7 Å². The van der Waals surface area contributed by atoms with Gasteiger partial charge in [-0.1, -0.05) is 50.2 Å². The molecule has 0 bridgehead atoms. The van der Waals surface area contributed by atoms with E-state index in [-0.39, 0.29) is 6.61 Å². The number of aliphatic hydroxyl groups is 2. The molecule has 3 aromatic rings. The molecule has 8 N–H and O–H groups in total. The summed E-state index contributed by atoms with van der Waals surface area (Å²) in [6.45, 7) is 8.08. The van der Waals surface area contributed by atoms with Crippen LogP contribution in [-0.2, 0) is 0 Å². The van der Waals surface area contributed by atoms with Crippen molar-refractivity contribution in [2.24, 2.45) is 5.73 Å². The molecule has 0 spiro atoms. The molecule has 0 atom stereocenters. The lowest BCUT2D eigenvalue weighted by Gasteiger charge is -2.18. The van der Waals surface area contributed by atoms with Crippen molar-refractivity contribution < 1.29 is 20.6 Å². The van der Waals surface area contributed by atoms with Gasteiger partial charge in [0, 0.05) is 36.2 Å². The minimum Gasteiger partial charge on any atom is -0.462 e. The van der Waals surface area contributed by atoms with Gasteiger partial charge in [-0.3, -0.25) is 5.10 Å². The maximum absolute atomic E-state index is 10.2. The van der Waals surface area contributed by atoms with E-state index in [1.54, 1.807) is 12.1 Å². The number of quaternary nitrogens is 1. The molecule has 0 fully saturated rings. The van der Waals surface area contributed by atoms with Crippen molar-refractivity contribution in [3.63, 3.8) is 0 Å². The van der Waals surface area contributed by atoms with Crippen molar-refractivity contribution in [1.82, 2.24) is 25.3 Å². The summed E-state index contributed by atoms with van der Waals surface area (Å²) in [4.78, 5) is 3.16. The molecule has 1 heterocycles. The Morgan fingerprint density at radius 1 is 1.21 bits per heavy atom. The summed E-state index contributed by atoms with van der Waals surface area (Å²) in [5.74, 6) is 1.01. The molecule has 0 saturated carbocycles. The van der Waals surface area contributed by atoms with E-state index in [4.69, 9.17) is 10.2 Å². The number of aromatic nitrogens is 3. The standard InChI is InChI=1S/C22H28N5O3S.C2H2O.C2H6.CH5N/c1-14(23-3)10-16-6-5-7-20(15(16)2)17-11-18(13-19(12-17)27(4,29)30)21-24-22(26-25-21)31-9-8-28;1-2-3;2*1-2/h5-7,10-13,23,28-30H,8-9H2,1-4H3,(H,24,25,26);1,3H;1-2H3;2H2,1H3/q+1;;;/b14-10-;;;. The van der Waals surface area contributed by atoms with Crippen molar-refractivity contribution in [3.8, 4) is 35.0 Å². The second-order valence-electron chi connectivity index (χ2n) is 7.45. The number of nitrogens with zero attached hydrogens (tertiary/aromatic N) is 3. The number of hydroxylamine groups is 2. The minimum atomic E-state index is -1.31. The van der Waals surface area contributed by atoms with Crippen molar-refractivity contribution in [3.05, 3.63) is 53.2 Å². The maximum atomic E-state index is 10.2. The van der Waals surface area contributed by atoms with Crippen molar-refractivity contribution in [2.45, 2.75) is 32.9 Å². The van der Waals surface area contributed by atoms with Crippen LogP contribution < -0.4 is 15.9 Å². The lowest BCUT2D eigenvalue weighted by molar-refractivity contribution is -0.272. The number of hydrogen-bond acceptors (Lipinski definition) is 9. The highest BCUT2D eigenvalue weighted by molar-refractivity contribution is 7.99. The van der Waals surface area contributed by atoms with Crippen LogP contribution in [0.25, 0.3) is 28.6 Å². The van der Waals surface area contributed by atoms with E-state index >= 15 is 0 Å². The van der Waals surface area contributed by atoms with Crippen LogP contribution in [0.2, 0.25) is 0 Å². The lowest BCUT2D eigenvalue weighted by Crippen LogP contribution is -2.36. The number of hydrogen-bond donors (Lipinski definition) is 7. The first-order valence-electron chi connectivity index (χ1n) is 11.9. The molecule has 0 saturated heterocycles. The monoisotopic (exact) mass is 545 g/mol. The number of terminal acetylenes is 1. The number of H-pyrrole nitrogens is 1. The Balaban J connectivity index is 0.00000179. The Morgan fingerprint density at radius 3 is 2.37 bits per heavy atom. The van der Waals surface area contributed by atoms with E-state index in [1.807, 2.05) is 59.0 Å². The molecule has 38 heavy (non-hydrogen) atoms. The van der Waals surface area contributed by atoms with Crippen LogP contribution in [0.15, 0.2) is 47.3 Å². The molecular formula is C27H41N6O4S+. The highest BCUT2D eigenvalue weighted by atomic mass is 32.2. The summed E-state index contributed by atoms with van der Waals surface area (Å²) in [7, 11) is 4.65. The zero-order chi connectivity index (χ0) is 29.3. The average Bonchev–Trinajstić information content (AvgIpc) is 3.40. The Labute approximate surface area is 229 Å². The fourth-order valence-corrected chi connectivity index (χ4v) is 3.69. The molecule has 3 rings (SSSR count). The van der Waals surface area contributed by atoms with Gasteiger partial charge in [0.05, 0.1) is 6.61 Å². The van der Waals surface area contributed by atoms with Crippen LogP contribution in [0, 0.1) is 19.5 Å². The topological polar surface area (TPSA) is 161 Å². The Morgan fingerprint density at radius 2 is 1.82 bits per heavy atom. The van der Waals surface area contributed by atoms with Gasteiger partial charge >= 0.3 is 0 Å². The third-order valence-corrected chi connectivity index (χ3v) is 5.75. The molecule has 0 aliphatic carbocycles. The highest BCUT2D eigenvalue weighted by Crippen LogP contribution is 2.34. The smallest absolute Gasteiger partial charge is 0.208 e. The zero-order valence-electron chi connectivity index (χ0n) is 23.1. The molecule has 0 aliphatic heterocycles.